The van der Waals surface area contributed by atoms with Crippen LogP contribution >= 0.6 is 0 Å². The molecule has 5 heteroatoms. The van der Waals surface area contributed by atoms with E-state index in [2.05, 4.69) is 33.1 Å². The third-order valence-electron chi connectivity index (χ3n) is 4.98. The van der Waals surface area contributed by atoms with Gasteiger partial charge in [-0.1, -0.05) is 23.2 Å². The summed E-state index contributed by atoms with van der Waals surface area (Å²) in [5, 5.41) is 4.17. The molecule has 1 spiro atoms. The lowest BCUT2D eigenvalue weighted by molar-refractivity contribution is -0.0627. The summed E-state index contributed by atoms with van der Waals surface area (Å²) in [4.78, 5) is 12.3. The molecule has 0 unspecified atom stereocenters. The molecule has 0 radical (unpaired) electrons. The molecular formula is C21H21N3O2. The van der Waals surface area contributed by atoms with E-state index in [4.69, 9.17) is 16.0 Å². The first-order valence-corrected chi connectivity index (χ1v) is 8.86. The van der Waals surface area contributed by atoms with Crippen molar-refractivity contribution in [1.29, 1.82) is 0 Å². The second kappa shape index (κ2) is 7.19. The summed E-state index contributed by atoms with van der Waals surface area (Å²) < 4.78 is 5.78. The molecule has 2 aromatic rings. The molecule has 4 rings (SSSR count). The average molecular weight is 347 g/mol. The number of aromatic nitrogens is 1. The highest BCUT2D eigenvalue weighted by molar-refractivity contribution is 5.80. The van der Waals surface area contributed by atoms with E-state index in [-0.39, 0.29) is 5.60 Å². The van der Waals surface area contributed by atoms with Crippen molar-refractivity contribution < 1.29 is 9.57 Å². The lowest BCUT2D eigenvalue weighted by Crippen LogP contribution is -2.44. The minimum Gasteiger partial charge on any atom is -0.438 e. The zero-order chi connectivity index (χ0) is 17.8. The summed E-state index contributed by atoms with van der Waals surface area (Å²) in [6.07, 6.45) is 11.4. The Labute approximate surface area is 153 Å². The van der Waals surface area contributed by atoms with Crippen LogP contribution in [0.1, 0.15) is 30.4 Å². The highest BCUT2D eigenvalue weighted by Crippen LogP contribution is 2.35. The van der Waals surface area contributed by atoms with Gasteiger partial charge >= 0.3 is 0 Å². The molecule has 3 heterocycles. The van der Waals surface area contributed by atoms with Gasteiger partial charge in [-0.15, -0.1) is 6.42 Å². The van der Waals surface area contributed by atoms with Gasteiger partial charge in [-0.25, -0.2) is 0 Å². The number of rotatable bonds is 3. The minimum absolute atomic E-state index is 0.221. The number of likely N-dealkylation sites (tertiary alicyclic amines) is 1. The summed E-state index contributed by atoms with van der Waals surface area (Å²) in [6, 6.07) is 11.9. The van der Waals surface area contributed by atoms with Crippen molar-refractivity contribution in [1.82, 2.24) is 9.88 Å². The van der Waals surface area contributed by atoms with E-state index in [1.807, 2.05) is 24.3 Å². The number of ether oxygens (including phenoxy) is 1. The van der Waals surface area contributed by atoms with E-state index >= 15 is 0 Å². The first kappa shape index (κ1) is 16.6. The zero-order valence-corrected chi connectivity index (χ0v) is 14.6. The van der Waals surface area contributed by atoms with Crippen molar-refractivity contribution in [2.45, 2.75) is 31.4 Å². The zero-order valence-electron chi connectivity index (χ0n) is 14.6. The minimum atomic E-state index is -0.221. The van der Waals surface area contributed by atoms with Crippen LogP contribution in [0.3, 0.4) is 0 Å². The fraction of sp³-hybridized carbons (Fsp3) is 0.333. The van der Waals surface area contributed by atoms with Gasteiger partial charge in [-0.3, -0.25) is 9.88 Å². The van der Waals surface area contributed by atoms with Gasteiger partial charge < -0.3 is 9.57 Å². The summed E-state index contributed by atoms with van der Waals surface area (Å²) in [5.74, 6) is 3.98. The molecule has 0 aliphatic carbocycles. The first-order chi connectivity index (χ1) is 12.7. The van der Waals surface area contributed by atoms with Crippen molar-refractivity contribution in [3.05, 3.63) is 59.9 Å². The third kappa shape index (κ3) is 3.71. The van der Waals surface area contributed by atoms with E-state index in [9.17, 15) is 0 Å². The maximum absolute atomic E-state index is 5.79. The van der Waals surface area contributed by atoms with Gasteiger partial charge in [0.1, 0.15) is 11.4 Å². The molecule has 1 saturated heterocycles. The second-order valence-corrected chi connectivity index (χ2v) is 6.84. The smallest absolute Gasteiger partial charge is 0.235 e. The molecular weight excluding hydrogens is 326 g/mol. The van der Waals surface area contributed by atoms with Crippen LogP contribution in [0.4, 0.5) is 0 Å². The quantitative estimate of drug-likeness (QED) is 0.800. The molecule has 2 aliphatic heterocycles. The molecule has 26 heavy (non-hydrogen) atoms. The largest absolute Gasteiger partial charge is 0.438 e. The lowest BCUT2D eigenvalue weighted by atomic mass is 9.88. The number of nitrogens with zero attached hydrogens (tertiary/aromatic N) is 3. The summed E-state index contributed by atoms with van der Waals surface area (Å²) in [6.45, 7) is 2.89. The third-order valence-corrected chi connectivity index (χ3v) is 4.98. The number of oxime groups is 1. The monoisotopic (exact) mass is 347 g/mol. The van der Waals surface area contributed by atoms with Crippen molar-refractivity contribution in [2.24, 2.45) is 5.16 Å². The lowest BCUT2D eigenvalue weighted by Gasteiger charge is -2.37. The number of pyridine rings is 1. The van der Waals surface area contributed by atoms with E-state index in [1.165, 1.54) is 5.56 Å². The predicted molar refractivity (Wildman–Crippen MR) is 99.6 cm³/mol. The molecule has 1 fully saturated rings. The highest BCUT2D eigenvalue weighted by Gasteiger charge is 2.43. The van der Waals surface area contributed by atoms with E-state index in [1.54, 1.807) is 12.4 Å². The van der Waals surface area contributed by atoms with Crippen LogP contribution in [0.15, 0.2) is 53.9 Å². The fourth-order valence-corrected chi connectivity index (χ4v) is 3.44. The van der Waals surface area contributed by atoms with Crippen molar-refractivity contribution in [3.8, 4) is 18.1 Å². The Kier molecular flexibility index (Phi) is 4.59. The number of benzene rings is 1. The van der Waals surface area contributed by atoms with Gasteiger partial charge in [-0.05, 0) is 29.8 Å². The SMILES string of the molecule is C#Cc1ccc(CN2CCC3(CC2)CC(Oc2cccnc2)=NO3)cc1. The summed E-state index contributed by atoms with van der Waals surface area (Å²) in [7, 11) is 0. The predicted octanol–water partition coefficient (Wildman–Crippen LogP) is 3.21. The Morgan fingerprint density at radius 2 is 2.00 bits per heavy atom. The summed E-state index contributed by atoms with van der Waals surface area (Å²) in [5.41, 5.74) is 1.98. The van der Waals surface area contributed by atoms with Gasteiger partial charge in [0, 0.05) is 44.2 Å². The van der Waals surface area contributed by atoms with Gasteiger partial charge in [-0.2, -0.15) is 0 Å². The van der Waals surface area contributed by atoms with Crippen molar-refractivity contribution in [2.75, 3.05) is 13.1 Å². The van der Waals surface area contributed by atoms with Crippen LogP contribution in [-0.2, 0) is 11.4 Å². The molecule has 5 nitrogen and oxygen atoms in total. The van der Waals surface area contributed by atoms with Crippen LogP contribution in [0.25, 0.3) is 0 Å². The second-order valence-electron chi connectivity index (χ2n) is 6.84. The van der Waals surface area contributed by atoms with Crippen LogP contribution in [-0.4, -0.2) is 34.5 Å². The topological polar surface area (TPSA) is 47.0 Å². The van der Waals surface area contributed by atoms with Crippen LogP contribution in [0, 0.1) is 12.3 Å². The molecule has 0 saturated carbocycles. The maximum Gasteiger partial charge on any atom is 0.235 e. The molecule has 1 aromatic carbocycles. The van der Waals surface area contributed by atoms with Crippen LogP contribution < -0.4 is 4.74 Å². The Morgan fingerprint density at radius 3 is 2.69 bits per heavy atom. The Morgan fingerprint density at radius 1 is 1.19 bits per heavy atom. The Hall–Kier alpha value is -2.84. The van der Waals surface area contributed by atoms with E-state index < -0.39 is 0 Å². The number of piperidine rings is 1. The molecule has 0 bridgehead atoms. The molecule has 0 atom stereocenters. The first-order valence-electron chi connectivity index (χ1n) is 8.86. The molecule has 2 aliphatic rings. The maximum atomic E-state index is 5.79. The number of hydrogen-bond acceptors (Lipinski definition) is 5. The van der Waals surface area contributed by atoms with Crippen LogP contribution in [0.2, 0.25) is 0 Å². The van der Waals surface area contributed by atoms with Crippen LogP contribution in [0.5, 0.6) is 5.75 Å². The Bertz CT molecular complexity index is 817. The van der Waals surface area contributed by atoms with E-state index in [0.717, 1.165) is 38.0 Å². The van der Waals surface area contributed by atoms with Gasteiger partial charge in [0.2, 0.25) is 5.90 Å². The van der Waals surface area contributed by atoms with Gasteiger partial charge in [0.25, 0.3) is 0 Å². The van der Waals surface area contributed by atoms with Crippen molar-refractivity contribution in [3.63, 3.8) is 0 Å². The molecule has 1 aromatic heterocycles. The molecule has 0 N–H and O–H groups in total. The highest BCUT2D eigenvalue weighted by atomic mass is 16.7. The number of hydrogen-bond donors (Lipinski definition) is 0. The number of terminal acetylenes is 1. The van der Waals surface area contributed by atoms with Gasteiger partial charge in [0.05, 0.1) is 12.6 Å². The average Bonchev–Trinajstić information content (AvgIpc) is 3.07. The standard InChI is InChI=1S/C21H21N3O2/c1-2-17-5-7-18(8-6-17)16-24-12-9-21(10-13-24)14-20(23-26-21)25-19-4-3-11-22-15-19/h1,3-8,11,15H,9-10,12-14,16H2. The summed E-state index contributed by atoms with van der Waals surface area (Å²) >= 11 is 0. The fourth-order valence-electron chi connectivity index (χ4n) is 3.44. The molecule has 0 amide bonds. The Balaban J connectivity index is 1.29. The van der Waals surface area contributed by atoms with Gasteiger partial charge in [0.15, 0.2) is 0 Å². The van der Waals surface area contributed by atoms with E-state index in [0.29, 0.717) is 18.1 Å². The van der Waals surface area contributed by atoms with Crippen molar-refractivity contribution >= 4 is 5.90 Å². The molecule has 132 valence electrons. The normalized spacial score (nSPS) is 18.8.